The second-order valence-electron chi connectivity index (χ2n) is 12.7. The third kappa shape index (κ3) is 9.52. The van der Waals surface area contributed by atoms with Gasteiger partial charge < -0.3 is 10.6 Å². The SMILES string of the molecule is C=C(CN1CCCC1)NCC(=C)NC(C(C)CN(CC(C)C)S(=C)(=C)c1ccc(C)c(C)c1)C(C)c1ccccc1. The number of likely N-dealkylation sites (tertiary alicyclic amines) is 1. The van der Waals surface area contributed by atoms with Gasteiger partial charge in [0.1, 0.15) is 0 Å². The standard InChI is InChI=1S/C36H56N4S/c1-27(2)24-40(41(9,10)35-19-18-28(3)29(4)22-35)25-30(5)36(33(8)34-16-12-11-13-17-34)38-31(6)23-37-32(7)26-39-20-14-15-21-39/h11-13,16-19,22,27,30,33,36-38H,6-7,9-10,14-15,20-21,23-26H2,1-5,8H3. The average molecular weight is 577 g/mol. The molecule has 0 bridgehead atoms. The first-order valence-corrected chi connectivity index (χ1v) is 17.3. The van der Waals surface area contributed by atoms with E-state index < -0.39 is 9.39 Å². The van der Waals surface area contributed by atoms with Gasteiger partial charge in [0.15, 0.2) is 0 Å². The van der Waals surface area contributed by atoms with Crippen molar-refractivity contribution >= 4 is 21.1 Å². The minimum Gasteiger partial charge on any atom is -0.384 e. The van der Waals surface area contributed by atoms with Crippen LogP contribution in [0.1, 0.15) is 63.1 Å². The molecule has 2 aromatic rings. The van der Waals surface area contributed by atoms with Crippen molar-refractivity contribution in [2.75, 3.05) is 39.3 Å². The molecule has 0 amide bonds. The van der Waals surface area contributed by atoms with Crippen molar-refractivity contribution in [2.24, 2.45) is 11.8 Å². The number of hydrogen-bond donors (Lipinski definition) is 2. The van der Waals surface area contributed by atoms with E-state index in [1.54, 1.807) is 0 Å². The second-order valence-corrected chi connectivity index (χ2v) is 15.4. The Bertz CT molecular complexity index is 1240. The maximum absolute atomic E-state index is 4.77. The van der Waals surface area contributed by atoms with Crippen molar-refractivity contribution in [1.82, 2.24) is 19.8 Å². The highest BCUT2D eigenvalue weighted by atomic mass is 32.2. The molecule has 1 aliphatic rings. The van der Waals surface area contributed by atoms with Crippen molar-refractivity contribution in [2.45, 2.75) is 71.2 Å². The molecule has 2 N–H and O–H groups in total. The van der Waals surface area contributed by atoms with Crippen molar-refractivity contribution < 1.29 is 0 Å². The Kier molecular flexibility index (Phi) is 12.2. The molecule has 1 saturated heterocycles. The van der Waals surface area contributed by atoms with Crippen LogP contribution in [-0.2, 0) is 0 Å². The Labute approximate surface area is 252 Å². The molecule has 0 aromatic heterocycles. The number of nitrogens with one attached hydrogen (secondary N) is 2. The van der Waals surface area contributed by atoms with Gasteiger partial charge in [-0.1, -0.05) is 89.0 Å². The van der Waals surface area contributed by atoms with Gasteiger partial charge in [-0.2, -0.15) is 0 Å². The van der Waals surface area contributed by atoms with Gasteiger partial charge in [0.25, 0.3) is 0 Å². The number of benzene rings is 2. The summed E-state index contributed by atoms with van der Waals surface area (Å²) in [6.07, 6.45) is 2.58. The molecule has 0 spiro atoms. The fourth-order valence-electron chi connectivity index (χ4n) is 5.81. The molecule has 3 unspecified atom stereocenters. The summed E-state index contributed by atoms with van der Waals surface area (Å²) in [5.41, 5.74) is 6.01. The monoisotopic (exact) mass is 576 g/mol. The van der Waals surface area contributed by atoms with Crippen LogP contribution >= 0.6 is 9.39 Å². The summed E-state index contributed by atoms with van der Waals surface area (Å²) in [7, 11) is -1.66. The van der Waals surface area contributed by atoms with Gasteiger partial charge in [0.2, 0.25) is 0 Å². The van der Waals surface area contributed by atoms with Crippen LogP contribution in [0, 0.1) is 25.7 Å². The fourth-order valence-corrected chi connectivity index (χ4v) is 7.93. The smallest absolute Gasteiger partial charge is 0.0539 e. The van der Waals surface area contributed by atoms with Gasteiger partial charge >= 0.3 is 0 Å². The highest BCUT2D eigenvalue weighted by Gasteiger charge is 2.28. The van der Waals surface area contributed by atoms with E-state index in [9.17, 15) is 0 Å². The van der Waals surface area contributed by atoms with E-state index in [0.29, 0.717) is 24.3 Å². The zero-order valence-corrected chi connectivity index (χ0v) is 27.5. The Morgan fingerprint density at radius 2 is 1.56 bits per heavy atom. The number of rotatable bonds is 16. The van der Waals surface area contributed by atoms with Crippen LogP contribution in [0.3, 0.4) is 0 Å². The molecule has 5 heteroatoms. The molecule has 3 rings (SSSR count). The second kappa shape index (κ2) is 15.1. The van der Waals surface area contributed by atoms with E-state index in [1.165, 1.54) is 47.5 Å². The summed E-state index contributed by atoms with van der Waals surface area (Å²) in [6.45, 7) is 28.2. The molecule has 226 valence electrons. The van der Waals surface area contributed by atoms with E-state index in [2.05, 4.69) is 123 Å². The maximum Gasteiger partial charge on any atom is 0.0539 e. The number of aryl methyl sites for hydroxylation is 2. The number of hydrogen-bond acceptors (Lipinski definition) is 4. The Morgan fingerprint density at radius 3 is 2.17 bits per heavy atom. The van der Waals surface area contributed by atoms with Crippen LogP contribution in [-0.4, -0.2) is 66.3 Å². The lowest BCUT2D eigenvalue weighted by Crippen LogP contribution is -2.45. The molecule has 2 aromatic carbocycles. The molecule has 3 atom stereocenters. The molecular formula is C36H56N4S. The maximum atomic E-state index is 4.77. The molecule has 0 radical (unpaired) electrons. The summed E-state index contributed by atoms with van der Waals surface area (Å²) in [5.74, 6) is 10.7. The molecule has 1 fully saturated rings. The van der Waals surface area contributed by atoms with Crippen molar-refractivity contribution in [3.63, 3.8) is 0 Å². The molecule has 0 aliphatic carbocycles. The molecule has 41 heavy (non-hydrogen) atoms. The first kappa shape index (κ1) is 33.0. The normalized spacial score (nSPS) is 16.5. The van der Waals surface area contributed by atoms with E-state index >= 15 is 0 Å². The van der Waals surface area contributed by atoms with Crippen LogP contribution < -0.4 is 10.6 Å². The predicted octanol–water partition coefficient (Wildman–Crippen LogP) is 7.31. The van der Waals surface area contributed by atoms with Crippen LogP contribution in [0.15, 0.2) is 78.0 Å². The molecule has 1 aliphatic heterocycles. The van der Waals surface area contributed by atoms with Gasteiger partial charge in [0, 0.05) is 47.9 Å². The molecule has 4 nitrogen and oxygen atoms in total. The first-order valence-electron chi connectivity index (χ1n) is 15.3. The largest absolute Gasteiger partial charge is 0.384 e. The molecular weight excluding hydrogens is 520 g/mol. The lowest BCUT2D eigenvalue weighted by atomic mass is 9.85. The van der Waals surface area contributed by atoms with Crippen molar-refractivity contribution in [3.05, 3.63) is 89.8 Å². The van der Waals surface area contributed by atoms with Crippen LogP contribution in [0.4, 0.5) is 0 Å². The Morgan fingerprint density at radius 1 is 0.902 bits per heavy atom. The van der Waals surface area contributed by atoms with Crippen LogP contribution in [0.5, 0.6) is 0 Å². The van der Waals surface area contributed by atoms with Gasteiger partial charge in [-0.3, -0.25) is 9.21 Å². The summed E-state index contributed by atoms with van der Waals surface area (Å²) in [4.78, 5) is 3.72. The van der Waals surface area contributed by atoms with E-state index in [-0.39, 0.29) is 6.04 Å². The molecule has 1 heterocycles. The average Bonchev–Trinajstić information content (AvgIpc) is 3.44. The van der Waals surface area contributed by atoms with Crippen molar-refractivity contribution in [1.29, 1.82) is 0 Å². The van der Waals surface area contributed by atoms with Gasteiger partial charge in [0.05, 0.1) is 6.54 Å². The van der Waals surface area contributed by atoms with Gasteiger partial charge in [-0.25, -0.2) is 0 Å². The highest BCUT2D eigenvalue weighted by Crippen LogP contribution is 2.39. The predicted molar refractivity (Wildman–Crippen MR) is 185 cm³/mol. The summed E-state index contributed by atoms with van der Waals surface area (Å²) in [6, 6.07) is 17.8. The topological polar surface area (TPSA) is 30.5 Å². The fraction of sp³-hybridized carbons (Fsp3) is 0.500. The van der Waals surface area contributed by atoms with E-state index in [0.717, 1.165) is 31.0 Å². The first-order chi connectivity index (χ1) is 19.4. The highest BCUT2D eigenvalue weighted by molar-refractivity contribution is 8.25. The summed E-state index contributed by atoms with van der Waals surface area (Å²) < 4.78 is 2.57. The quantitative estimate of drug-likeness (QED) is 0.205. The third-order valence-electron chi connectivity index (χ3n) is 8.48. The van der Waals surface area contributed by atoms with E-state index in [4.69, 9.17) is 11.7 Å². The zero-order chi connectivity index (χ0) is 30.2. The lowest BCUT2D eigenvalue weighted by molar-refractivity contribution is 0.280. The van der Waals surface area contributed by atoms with E-state index in [1.807, 2.05) is 0 Å². The Hall–Kier alpha value is -2.47. The molecule has 0 saturated carbocycles. The van der Waals surface area contributed by atoms with Gasteiger partial charge in [-0.15, -0.1) is 9.39 Å². The summed E-state index contributed by atoms with van der Waals surface area (Å²) in [5, 5.41) is 7.39. The van der Waals surface area contributed by atoms with Crippen LogP contribution in [0.2, 0.25) is 0 Å². The van der Waals surface area contributed by atoms with Crippen LogP contribution in [0.25, 0.3) is 0 Å². The summed E-state index contributed by atoms with van der Waals surface area (Å²) >= 11 is 0. The zero-order valence-electron chi connectivity index (χ0n) is 26.7. The lowest BCUT2D eigenvalue weighted by Gasteiger charge is -2.39. The van der Waals surface area contributed by atoms with Crippen molar-refractivity contribution in [3.8, 4) is 0 Å². The number of nitrogens with zero attached hydrogens (tertiary/aromatic N) is 2. The minimum absolute atomic E-state index is 0.197. The Balaban J connectivity index is 1.79. The minimum atomic E-state index is -1.66. The third-order valence-corrected chi connectivity index (χ3v) is 10.9. The van der Waals surface area contributed by atoms with Gasteiger partial charge in [-0.05, 0) is 80.4 Å².